The summed E-state index contributed by atoms with van der Waals surface area (Å²) in [6.45, 7) is 6.02. The predicted octanol–water partition coefficient (Wildman–Crippen LogP) is 4.46. The van der Waals surface area contributed by atoms with Gasteiger partial charge in [0.1, 0.15) is 0 Å². The van der Waals surface area contributed by atoms with Crippen LogP contribution in [0.4, 0.5) is 5.69 Å². The molecular formula is C27H28BN3O4. The van der Waals surface area contributed by atoms with Gasteiger partial charge >= 0.3 is 7.05 Å². The standard InChI is InChI=1S/C19H18N2O2.C8H10BNO2/c1-11-15(12(2)23-3)9-17-18-14(10-21(17)19(11)22)8-13-6-4-5-7-16(13)20-18;1-9(12)10-8-5-3-2-4-7(8)6-11/h4-9,12H,10H2,1-3H3;2-6,10,12H,1H3. The highest BCUT2D eigenvalue weighted by molar-refractivity contribution is 6.53. The second-order valence-electron chi connectivity index (χ2n) is 8.59. The van der Waals surface area contributed by atoms with Crippen molar-refractivity contribution in [3.8, 4) is 11.4 Å². The molecule has 0 bridgehead atoms. The number of ether oxygens (including phenoxy) is 1. The number of pyridine rings is 2. The van der Waals surface area contributed by atoms with Crippen molar-refractivity contribution in [1.29, 1.82) is 0 Å². The summed E-state index contributed by atoms with van der Waals surface area (Å²) in [5.74, 6) is 0. The first-order valence-electron chi connectivity index (χ1n) is 11.5. The van der Waals surface area contributed by atoms with E-state index in [0.717, 1.165) is 45.3 Å². The van der Waals surface area contributed by atoms with Crippen LogP contribution in [0.5, 0.6) is 0 Å². The second kappa shape index (κ2) is 10.3. The van der Waals surface area contributed by atoms with Gasteiger partial charge in [-0.25, -0.2) is 4.98 Å². The SMILES string of the molecule is CB(O)Nc1ccccc1C=O.COC(C)c1cc2n(c(=O)c1C)Cc1cc3ccccc3nc1-2. The van der Waals surface area contributed by atoms with Crippen molar-refractivity contribution in [3.63, 3.8) is 0 Å². The van der Waals surface area contributed by atoms with E-state index in [9.17, 15) is 9.59 Å². The highest BCUT2D eigenvalue weighted by atomic mass is 16.5. The highest BCUT2D eigenvalue weighted by Gasteiger charge is 2.25. The van der Waals surface area contributed by atoms with Gasteiger partial charge in [-0.1, -0.05) is 30.3 Å². The molecule has 1 aliphatic rings. The van der Waals surface area contributed by atoms with Crippen LogP contribution in [-0.4, -0.2) is 35.0 Å². The Morgan fingerprint density at radius 1 is 1.17 bits per heavy atom. The molecule has 178 valence electrons. The minimum absolute atomic E-state index is 0.0449. The van der Waals surface area contributed by atoms with E-state index in [0.29, 0.717) is 17.8 Å². The maximum absolute atomic E-state index is 12.7. The Bertz CT molecular complexity index is 1450. The number of rotatable bonds is 5. The molecule has 1 atom stereocenters. The topological polar surface area (TPSA) is 93.5 Å². The van der Waals surface area contributed by atoms with Crippen LogP contribution in [0.3, 0.4) is 0 Å². The summed E-state index contributed by atoms with van der Waals surface area (Å²) in [7, 11) is 1.01. The molecule has 7 nitrogen and oxygen atoms in total. The number of hydrogen-bond donors (Lipinski definition) is 2. The third-order valence-corrected chi connectivity index (χ3v) is 6.20. The average Bonchev–Trinajstić information content (AvgIpc) is 3.22. The summed E-state index contributed by atoms with van der Waals surface area (Å²) < 4.78 is 7.24. The third kappa shape index (κ3) is 4.89. The Hall–Kier alpha value is -3.75. The maximum atomic E-state index is 12.7. The van der Waals surface area contributed by atoms with Gasteiger partial charge in [-0.3, -0.25) is 9.59 Å². The van der Waals surface area contributed by atoms with E-state index in [-0.39, 0.29) is 11.7 Å². The zero-order chi connectivity index (χ0) is 25.1. The second-order valence-corrected chi connectivity index (χ2v) is 8.59. The van der Waals surface area contributed by atoms with Gasteiger partial charge in [0.2, 0.25) is 0 Å². The minimum Gasteiger partial charge on any atom is -0.433 e. The van der Waals surface area contributed by atoms with Crippen molar-refractivity contribution < 1.29 is 14.6 Å². The fraction of sp³-hybridized carbons (Fsp3) is 0.222. The Kier molecular flexibility index (Phi) is 7.14. The summed E-state index contributed by atoms with van der Waals surface area (Å²) in [4.78, 5) is 28.0. The molecule has 35 heavy (non-hydrogen) atoms. The van der Waals surface area contributed by atoms with Gasteiger partial charge in [0.15, 0.2) is 6.29 Å². The van der Waals surface area contributed by atoms with E-state index in [1.165, 1.54) is 0 Å². The van der Waals surface area contributed by atoms with Gasteiger partial charge in [-0.2, -0.15) is 0 Å². The molecule has 0 fully saturated rings. The number of aldehydes is 1. The Morgan fingerprint density at radius 3 is 2.60 bits per heavy atom. The van der Waals surface area contributed by atoms with Gasteiger partial charge in [-0.05, 0) is 56.6 Å². The number of carbonyl (C=O) groups is 1. The van der Waals surface area contributed by atoms with Gasteiger partial charge in [0.05, 0.1) is 29.6 Å². The average molecular weight is 469 g/mol. The van der Waals surface area contributed by atoms with Crippen LogP contribution in [0.25, 0.3) is 22.3 Å². The monoisotopic (exact) mass is 469 g/mol. The largest absolute Gasteiger partial charge is 0.433 e. The molecule has 1 unspecified atom stereocenters. The van der Waals surface area contributed by atoms with Crippen LogP contribution in [0.1, 0.15) is 40.1 Å². The molecule has 0 spiro atoms. The number of anilines is 1. The van der Waals surface area contributed by atoms with Crippen LogP contribution in [0, 0.1) is 6.92 Å². The van der Waals surface area contributed by atoms with Gasteiger partial charge in [0.25, 0.3) is 5.56 Å². The highest BCUT2D eigenvalue weighted by Crippen LogP contribution is 2.33. The zero-order valence-corrected chi connectivity index (χ0v) is 20.3. The van der Waals surface area contributed by atoms with E-state index >= 15 is 0 Å². The molecule has 0 radical (unpaired) electrons. The number of para-hydroxylation sites is 2. The van der Waals surface area contributed by atoms with Crippen molar-refractivity contribution in [2.75, 3.05) is 12.3 Å². The fourth-order valence-electron chi connectivity index (χ4n) is 4.30. The lowest BCUT2D eigenvalue weighted by Gasteiger charge is -2.15. The molecule has 2 N–H and O–H groups in total. The Balaban J connectivity index is 0.000000204. The smallest absolute Gasteiger partial charge is 0.406 e. The van der Waals surface area contributed by atoms with E-state index in [1.807, 2.05) is 36.6 Å². The lowest BCUT2D eigenvalue weighted by Crippen LogP contribution is -2.23. The maximum Gasteiger partial charge on any atom is 0.406 e. The molecule has 0 saturated heterocycles. The minimum atomic E-state index is -0.647. The molecule has 0 aliphatic carbocycles. The van der Waals surface area contributed by atoms with E-state index in [4.69, 9.17) is 14.7 Å². The lowest BCUT2D eigenvalue weighted by atomic mass is 9.88. The summed E-state index contributed by atoms with van der Waals surface area (Å²) >= 11 is 0. The van der Waals surface area contributed by atoms with Crippen LogP contribution < -0.4 is 10.8 Å². The molecule has 2 aromatic carbocycles. The number of hydrogen-bond acceptors (Lipinski definition) is 6. The van der Waals surface area contributed by atoms with E-state index in [1.54, 1.807) is 38.2 Å². The summed E-state index contributed by atoms with van der Waals surface area (Å²) in [6, 6.07) is 19.3. The van der Waals surface area contributed by atoms with Crippen molar-refractivity contribution in [1.82, 2.24) is 9.55 Å². The number of methoxy groups -OCH3 is 1. The normalized spacial score (nSPS) is 12.3. The van der Waals surface area contributed by atoms with Gasteiger partial charge in [0, 0.05) is 34.9 Å². The van der Waals surface area contributed by atoms with E-state index < -0.39 is 7.05 Å². The first kappa shape index (κ1) is 24.4. The fourth-order valence-corrected chi connectivity index (χ4v) is 4.30. The third-order valence-electron chi connectivity index (χ3n) is 6.20. The van der Waals surface area contributed by atoms with Gasteiger partial charge < -0.3 is 19.6 Å². The summed E-state index contributed by atoms with van der Waals surface area (Å²) in [5.41, 5.74) is 6.79. The van der Waals surface area contributed by atoms with Gasteiger partial charge in [-0.15, -0.1) is 0 Å². The number of benzene rings is 2. The molecule has 1 aliphatic heterocycles. The zero-order valence-electron chi connectivity index (χ0n) is 20.3. The summed E-state index contributed by atoms with van der Waals surface area (Å²) in [6.07, 6.45) is 0.642. The molecule has 5 rings (SSSR count). The van der Waals surface area contributed by atoms with Crippen molar-refractivity contribution >= 4 is 29.9 Å². The summed E-state index contributed by atoms with van der Waals surface area (Å²) in [5, 5.41) is 12.9. The number of fused-ring (bicyclic) bond motifs is 4. The quantitative estimate of drug-likeness (QED) is 0.292. The number of nitrogens with zero attached hydrogens (tertiary/aromatic N) is 2. The van der Waals surface area contributed by atoms with Crippen molar-refractivity contribution in [2.45, 2.75) is 33.3 Å². The first-order valence-corrected chi connectivity index (χ1v) is 11.5. The van der Waals surface area contributed by atoms with Crippen LogP contribution >= 0.6 is 0 Å². The number of nitrogens with one attached hydrogen (secondary N) is 1. The lowest BCUT2D eigenvalue weighted by molar-refractivity contribution is 0.112. The molecule has 4 aromatic rings. The van der Waals surface area contributed by atoms with Crippen LogP contribution in [0.2, 0.25) is 6.82 Å². The molecule has 2 aromatic heterocycles. The molecule has 0 saturated carbocycles. The molecule has 3 heterocycles. The molecule has 0 amide bonds. The Labute approximate surface area is 204 Å². The van der Waals surface area contributed by atoms with Crippen LogP contribution in [0.15, 0.2) is 65.5 Å². The first-order chi connectivity index (χ1) is 16.8. The van der Waals surface area contributed by atoms with Crippen molar-refractivity contribution in [2.24, 2.45) is 0 Å². The molecule has 8 heteroatoms. The Morgan fingerprint density at radius 2 is 1.89 bits per heavy atom. The van der Waals surface area contributed by atoms with E-state index in [2.05, 4.69) is 23.4 Å². The van der Waals surface area contributed by atoms with Crippen molar-refractivity contribution in [3.05, 3.63) is 93.3 Å². The number of carbonyl (C=O) groups excluding carboxylic acids is 1. The predicted molar refractivity (Wildman–Crippen MR) is 140 cm³/mol. The molecular weight excluding hydrogens is 441 g/mol. The van der Waals surface area contributed by atoms with Crippen LogP contribution in [-0.2, 0) is 11.3 Å². The number of aromatic nitrogens is 2.